The number of likely N-dealkylation sites (N-methyl/N-ethyl adjacent to an activating group) is 1. The molecule has 0 aromatic heterocycles. The van der Waals surface area contributed by atoms with Crippen molar-refractivity contribution < 1.29 is 9.50 Å². The Bertz CT molecular complexity index is 981. The molecule has 2 rings (SSSR count). The van der Waals surface area contributed by atoms with Gasteiger partial charge in [0.25, 0.3) is 0 Å². The Balaban J connectivity index is 2.51. The molecule has 0 atom stereocenters. The summed E-state index contributed by atoms with van der Waals surface area (Å²) in [6, 6.07) is 8.33. The molecule has 0 spiro atoms. The SMILES string of the molecule is C/C=C(/O)c1cc(-c2cc(S)c(N(C)C(/C=C\CC)=C/CCC)cc2Cl)ccc1F. The van der Waals surface area contributed by atoms with Gasteiger partial charge in [-0.25, -0.2) is 4.39 Å². The number of halogens is 2. The minimum atomic E-state index is -0.485. The largest absolute Gasteiger partial charge is 0.508 e. The second kappa shape index (κ2) is 11.3. The van der Waals surface area contributed by atoms with Crippen molar-refractivity contribution in [1.82, 2.24) is 0 Å². The average molecular weight is 446 g/mol. The van der Waals surface area contributed by atoms with Crippen LogP contribution >= 0.6 is 24.2 Å². The molecule has 0 fully saturated rings. The standard InChI is InChI=1S/C25H29ClFNOS/c1-5-8-10-18(11-9-6-2)28(4)23-16-21(26)19(15-25(23)30)17-12-13-22(27)20(14-17)24(29)7-3/h7-8,10-16,29-30H,5-6,9H2,1-4H3/b10-8-,18-11+,24-7+. The van der Waals surface area contributed by atoms with Crippen LogP contribution in [0.4, 0.5) is 10.1 Å². The van der Waals surface area contributed by atoms with E-state index in [1.807, 2.05) is 19.2 Å². The zero-order chi connectivity index (χ0) is 22.3. The fraction of sp³-hybridized carbons (Fsp3) is 0.280. The lowest BCUT2D eigenvalue weighted by Gasteiger charge is -2.24. The smallest absolute Gasteiger partial charge is 0.134 e. The molecule has 1 N–H and O–H groups in total. The van der Waals surface area contributed by atoms with Crippen molar-refractivity contribution in [2.75, 3.05) is 11.9 Å². The topological polar surface area (TPSA) is 23.5 Å². The highest BCUT2D eigenvalue weighted by molar-refractivity contribution is 7.80. The van der Waals surface area contributed by atoms with E-state index in [0.29, 0.717) is 10.6 Å². The summed E-state index contributed by atoms with van der Waals surface area (Å²) in [4.78, 5) is 2.83. The minimum Gasteiger partial charge on any atom is -0.508 e. The van der Waals surface area contributed by atoms with E-state index < -0.39 is 5.82 Å². The second-order valence-corrected chi connectivity index (χ2v) is 7.87. The molecule has 160 valence electrons. The highest BCUT2D eigenvalue weighted by Crippen LogP contribution is 2.38. The first kappa shape index (κ1) is 24.1. The Morgan fingerprint density at radius 2 is 1.97 bits per heavy atom. The maximum absolute atomic E-state index is 14.1. The Labute approximate surface area is 189 Å². The highest BCUT2D eigenvalue weighted by atomic mass is 35.5. The Hall–Kier alpha value is -2.17. The first-order valence-corrected chi connectivity index (χ1v) is 10.9. The third kappa shape index (κ3) is 5.71. The lowest BCUT2D eigenvalue weighted by atomic mass is 10.0. The van der Waals surface area contributed by atoms with Gasteiger partial charge in [0, 0.05) is 23.2 Å². The molecule has 0 amide bonds. The molecule has 5 heteroatoms. The summed E-state index contributed by atoms with van der Waals surface area (Å²) in [5, 5.41) is 10.5. The lowest BCUT2D eigenvalue weighted by Crippen LogP contribution is -2.16. The number of anilines is 1. The second-order valence-electron chi connectivity index (χ2n) is 6.98. The number of benzene rings is 2. The van der Waals surface area contributed by atoms with E-state index in [-0.39, 0.29) is 11.3 Å². The highest BCUT2D eigenvalue weighted by Gasteiger charge is 2.15. The Kier molecular flexibility index (Phi) is 9.07. The van der Waals surface area contributed by atoms with Crippen LogP contribution < -0.4 is 4.90 Å². The van der Waals surface area contributed by atoms with Crippen LogP contribution in [0, 0.1) is 5.82 Å². The van der Waals surface area contributed by atoms with E-state index in [1.165, 1.54) is 12.1 Å². The van der Waals surface area contributed by atoms with Crippen molar-refractivity contribution in [3.63, 3.8) is 0 Å². The van der Waals surface area contributed by atoms with Gasteiger partial charge in [0.05, 0.1) is 16.3 Å². The minimum absolute atomic E-state index is 0.110. The van der Waals surface area contributed by atoms with Crippen LogP contribution in [0.3, 0.4) is 0 Å². The average Bonchev–Trinajstić information content (AvgIpc) is 2.74. The zero-order valence-corrected chi connectivity index (χ0v) is 19.6. The van der Waals surface area contributed by atoms with Gasteiger partial charge in [-0.1, -0.05) is 50.1 Å². The molecule has 0 bridgehead atoms. The van der Waals surface area contributed by atoms with Crippen molar-refractivity contribution >= 4 is 35.7 Å². The van der Waals surface area contributed by atoms with Crippen molar-refractivity contribution in [2.45, 2.75) is 44.9 Å². The first-order chi connectivity index (χ1) is 14.3. The van der Waals surface area contributed by atoms with Crippen LogP contribution in [0.1, 0.15) is 45.6 Å². The third-order valence-corrected chi connectivity index (χ3v) is 5.48. The van der Waals surface area contributed by atoms with Gasteiger partial charge in [-0.2, -0.15) is 0 Å². The van der Waals surface area contributed by atoms with Crippen molar-refractivity contribution in [3.05, 3.63) is 76.7 Å². The molecule has 0 saturated carbocycles. The Morgan fingerprint density at radius 3 is 2.60 bits per heavy atom. The summed E-state index contributed by atoms with van der Waals surface area (Å²) in [6.45, 7) is 5.91. The number of rotatable bonds is 8. The number of aliphatic hydroxyl groups is 1. The van der Waals surface area contributed by atoms with E-state index >= 15 is 0 Å². The maximum Gasteiger partial charge on any atom is 0.134 e. The number of hydrogen-bond donors (Lipinski definition) is 2. The van der Waals surface area contributed by atoms with Gasteiger partial charge in [-0.05, 0) is 61.7 Å². The van der Waals surface area contributed by atoms with Crippen LogP contribution in [-0.4, -0.2) is 12.2 Å². The Morgan fingerprint density at radius 1 is 1.23 bits per heavy atom. The molecule has 0 saturated heterocycles. The van der Waals surface area contributed by atoms with Crippen LogP contribution in [0.15, 0.2) is 65.2 Å². The summed E-state index contributed by atoms with van der Waals surface area (Å²) in [6.07, 6.45) is 10.9. The van der Waals surface area contributed by atoms with E-state index in [2.05, 4.69) is 37.0 Å². The number of unbranched alkanes of at least 4 members (excludes halogenated alkanes) is 1. The van der Waals surface area contributed by atoms with E-state index in [0.717, 1.165) is 41.1 Å². The van der Waals surface area contributed by atoms with Crippen LogP contribution in [0.5, 0.6) is 0 Å². The van der Waals surface area contributed by atoms with Crippen molar-refractivity contribution in [2.24, 2.45) is 0 Å². The number of aliphatic hydroxyl groups excluding tert-OH is 1. The molecule has 0 radical (unpaired) electrons. The molecular formula is C25H29ClFNOS. The van der Waals surface area contributed by atoms with Gasteiger partial charge in [-0.15, -0.1) is 12.6 Å². The van der Waals surface area contributed by atoms with Gasteiger partial charge in [-0.3, -0.25) is 0 Å². The maximum atomic E-state index is 14.1. The molecular weight excluding hydrogens is 417 g/mol. The quantitative estimate of drug-likeness (QED) is 0.242. The van der Waals surface area contributed by atoms with Gasteiger partial charge >= 0.3 is 0 Å². The predicted octanol–water partition coefficient (Wildman–Crippen LogP) is 8.44. The predicted molar refractivity (Wildman–Crippen MR) is 131 cm³/mol. The molecule has 0 unspecified atom stereocenters. The molecule has 2 nitrogen and oxygen atoms in total. The normalized spacial score (nSPS) is 12.6. The summed E-state index contributed by atoms with van der Waals surface area (Å²) < 4.78 is 14.1. The number of hydrogen-bond acceptors (Lipinski definition) is 3. The summed E-state index contributed by atoms with van der Waals surface area (Å²) in [7, 11) is 1.99. The molecule has 0 aliphatic heterocycles. The van der Waals surface area contributed by atoms with Gasteiger partial charge < -0.3 is 10.0 Å². The lowest BCUT2D eigenvalue weighted by molar-refractivity contribution is 0.501. The molecule has 30 heavy (non-hydrogen) atoms. The van der Waals surface area contributed by atoms with Crippen molar-refractivity contribution in [1.29, 1.82) is 0 Å². The number of allylic oxidation sites excluding steroid dienone is 4. The summed E-state index contributed by atoms with van der Waals surface area (Å²) in [5.41, 5.74) is 3.55. The van der Waals surface area contributed by atoms with Crippen LogP contribution in [0.2, 0.25) is 5.02 Å². The molecule has 2 aromatic rings. The van der Waals surface area contributed by atoms with Gasteiger partial charge in [0.2, 0.25) is 0 Å². The van der Waals surface area contributed by atoms with Crippen LogP contribution in [-0.2, 0) is 0 Å². The first-order valence-electron chi connectivity index (χ1n) is 10.1. The van der Waals surface area contributed by atoms with E-state index in [4.69, 9.17) is 24.2 Å². The number of nitrogens with zero attached hydrogens (tertiary/aromatic N) is 1. The molecule has 2 aromatic carbocycles. The zero-order valence-electron chi connectivity index (χ0n) is 17.9. The third-order valence-electron chi connectivity index (χ3n) is 4.81. The number of thiol groups is 1. The monoisotopic (exact) mass is 445 g/mol. The van der Waals surface area contributed by atoms with E-state index in [1.54, 1.807) is 19.1 Å². The van der Waals surface area contributed by atoms with E-state index in [9.17, 15) is 9.50 Å². The summed E-state index contributed by atoms with van der Waals surface area (Å²) in [5.74, 6) is -0.595. The van der Waals surface area contributed by atoms with Crippen molar-refractivity contribution in [3.8, 4) is 11.1 Å². The fourth-order valence-corrected chi connectivity index (χ4v) is 3.68. The molecule has 0 aliphatic rings. The fourth-order valence-electron chi connectivity index (χ4n) is 3.07. The van der Waals surface area contributed by atoms with Gasteiger partial charge in [0.15, 0.2) is 0 Å². The summed E-state index contributed by atoms with van der Waals surface area (Å²) >= 11 is 11.3. The van der Waals surface area contributed by atoms with Crippen LogP contribution in [0.25, 0.3) is 16.9 Å². The molecule has 0 aliphatic carbocycles. The molecule has 0 heterocycles. The van der Waals surface area contributed by atoms with Gasteiger partial charge in [0.1, 0.15) is 11.6 Å².